The number of amides is 2. The van der Waals surface area contributed by atoms with Crippen LogP contribution in [-0.4, -0.2) is 30.8 Å². The lowest BCUT2D eigenvalue weighted by atomic mass is 9.99. The number of nitrogens with one attached hydrogen (secondary N) is 2. The average Bonchev–Trinajstić information content (AvgIpc) is 3.24. The van der Waals surface area contributed by atoms with Gasteiger partial charge in [0.25, 0.3) is 0 Å². The number of fused-ring (bicyclic) bond motifs is 1. The van der Waals surface area contributed by atoms with Crippen LogP contribution in [0.25, 0.3) is 0 Å². The molecule has 1 aliphatic rings. The third-order valence-corrected chi connectivity index (χ3v) is 4.87. The van der Waals surface area contributed by atoms with Gasteiger partial charge in [-0.25, -0.2) is 4.79 Å². The zero-order chi connectivity index (χ0) is 17.0. The second kappa shape index (κ2) is 7.23. The minimum absolute atomic E-state index is 0.172. The molecule has 1 atom stereocenters. The van der Waals surface area contributed by atoms with E-state index in [1.54, 1.807) is 6.92 Å². The van der Waals surface area contributed by atoms with Crippen LogP contribution in [-0.2, 0) is 18.4 Å². The second-order valence-electron chi connectivity index (χ2n) is 6.19. The van der Waals surface area contributed by atoms with Crippen LogP contribution in [0.15, 0.2) is 35.0 Å². The van der Waals surface area contributed by atoms with E-state index >= 15 is 0 Å². The van der Waals surface area contributed by atoms with E-state index in [0.29, 0.717) is 6.54 Å². The summed E-state index contributed by atoms with van der Waals surface area (Å²) in [6.07, 6.45) is 1.72. The van der Waals surface area contributed by atoms with Gasteiger partial charge in [0.15, 0.2) is 0 Å². The third kappa shape index (κ3) is 4.07. The first-order valence-corrected chi connectivity index (χ1v) is 9.00. The van der Waals surface area contributed by atoms with E-state index in [1.807, 2.05) is 29.0 Å². The minimum atomic E-state index is -1.06. The summed E-state index contributed by atoms with van der Waals surface area (Å²) in [6.45, 7) is 3.17. The van der Waals surface area contributed by atoms with Crippen molar-refractivity contribution in [2.75, 3.05) is 19.7 Å². The molecule has 2 aromatic rings. The molecule has 0 unspecified atom stereocenters. The van der Waals surface area contributed by atoms with Crippen molar-refractivity contribution < 1.29 is 14.6 Å². The van der Waals surface area contributed by atoms with Gasteiger partial charge in [-0.15, -0.1) is 0 Å². The SMILES string of the molecule is C[C@@](O)(CNC(=O)NCCc1ccc2c(c1)CCO2)c1ccsc1. The molecule has 0 radical (unpaired) electrons. The number of hydrogen-bond acceptors (Lipinski definition) is 4. The average molecular weight is 346 g/mol. The zero-order valence-corrected chi connectivity index (χ0v) is 14.5. The number of urea groups is 1. The van der Waals surface area contributed by atoms with Crippen LogP contribution in [0, 0.1) is 0 Å². The molecule has 1 aromatic carbocycles. The van der Waals surface area contributed by atoms with E-state index in [0.717, 1.165) is 30.8 Å². The Kier molecular flexibility index (Phi) is 5.06. The smallest absolute Gasteiger partial charge is 0.314 e. The van der Waals surface area contributed by atoms with Crippen LogP contribution in [0.5, 0.6) is 5.75 Å². The van der Waals surface area contributed by atoms with Crippen LogP contribution < -0.4 is 15.4 Å². The van der Waals surface area contributed by atoms with Gasteiger partial charge in [-0.2, -0.15) is 11.3 Å². The molecule has 1 aliphatic heterocycles. The summed E-state index contributed by atoms with van der Waals surface area (Å²) in [5.41, 5.74) is 2.18. The summed E-state index contributed by atoms with van der Waals surface area (Å²) in [5, 5.41) is 19.7. The number of aliphatic hydroxyl groups is 1. The molecule has 0 bridgehead atoms. The Morgan fingerprint density at radius 3 is 3.04 bits per heavy atom. The number of carbonyl (C=O) groups is 1. The normalized spacial score (nSPS) is 15.2. The van der Waals surface area contributed by atoms with Crippen molar-refractivity contribution in [3.63, 3.8) is 0 Å². The maximum absolute atomic E-state index is 11.9. The minimum Gasteiger partial charge on any atom is -0.493 e. The summed E-state index contributed by atoms with van der Waals surface area (Å²) in [5.74, 6) is 0.972. The predicted molar refractivity (Wildman–Crippen MR) is 94.6 cm³/mol. The molecule has 0 saturated carbocycles. The van der Waals surface area contributed by atoms with Crippen LogP contribution in [0.2, 0.25) is 0 Å². The lowest BCUT2D eigenvalue weighted by Gasteiger charge is -2.22. The van der Waals surface area contributed by atoms with Crippen molar-refractivity contribution in [2.24, 2.45) is 0 Å². The van der Waals surface area contributed by atoms with Crippen LogP contribution in [0.3, 0.4) is 0 Å². The quantitative estimate of drug-likeness (QED) is 0.752. The maximum atomic E-state index is 11.9. The van der Waals surface area contributed by atoms with Crippen molar-refractivity contribution in [3.05, 3.63) is 51.7 Å². The fourth-order valence-corrected chi connectivity index (χ4v) is 3.49. The van der Waals surface area contributed by atoms with Gasteiger partial charge in [0.1, 0.15) is 11.4 Å². The van der Waals surface area contributed by atoms with E-state index in [1.165, 1.54) is 22.5 Å². The standard InChI is InChI=1S/C18H22N2O3S/c1-18(22,15-6-9-24-11-15)12-20-17(21)19-7-4-13-2-3-16-14(10-13)5-8-23-16/h2-3,6,9-11,22H,4-5,7-8,12H2,1H3,(H2,19,20,21)/t18-/m1/s1. The molecule has 2 heterocycles. The third-order valence-electron chi connectivity index (χ3n) is 4.19. The Morgan fingerprint density at radius 2 is 2.25 bits per heavy atom. The van der Waals surface area contributed by atoms with E-state index in [2.05, 4.69) is 16.7 Å². The molecule has 3 N–H and O–H groups in total. The van der Waals surface area contributed by atoms with Gasteiger partial charge < -0.3 is 20.5 Å². The number of thiophene rings is 1. The Labute approximate surface area is 145 Å². The molecular formula is C18H22N2O3S. The predicted octanol–water partition coefficient (Wildman–Crippen LogP) is 2.43. The van der Waals surface area contributed by atoms with Crippen molar-refractivity contribution >= 4 is 17.4 Å². The molecule has 24 heavy (non-hydrogen) atoms. The van der Waals surface area contributed by atoms with E-state index < -0.39 is 5.60 Å². The molecule has 5 nitrogen and oxygen atoms in total. The fourth-order valence-electron chi connectivity index (χ4n) is 2.70. The highest BCUT2D eigenvalue weighted by Gasteiger charge is 2.24. The molecule has 1 aromatic heterocycles. The summed E-state index contributed by atoms with van der Waals surface area (Å²) in [6, 6.07) is 7.77. The summed E-state index contributed by atoms with van der Waals surface area (Å²) in [7, 11) is 0. The number of benzene rings is 1. The molecule has 0 spiro atoms. The van der Waals surface area contributed by atoms with Crippen molar-refractivity contribution in [3.8, 4) is 5.75 Å². The van der Waals surface area contributed by atoms with Gasteiger partial charge in [0.2, 0.25) is 0 Å². The number of rotatable bonds is 6. The topological polar surface area (TPSA) is 70.6 Å². The summed E-state index contributed by atoms with van der Waals surface area (Å²) >= 11 is 1.52. The van der Waals surface area contributed by atoms with Crippen molar-refractivity contribution in [1.82, 2.24) is 10.6 Å². The highest BCUT2D eigenvalue weighted by Crippen LogP contribution is 2.26. The van der Waals surface area contributed by atoms with Gasteiger partial charge in [-0.1, -0.05) is 12.1 Å². The van der Waals surface area contributed by atoms with E-state index in [-0.39, 0.29) is 12.6 Å². The highest BCUT2D eigenvalue weighted by molar-refractivity contribution is 7.08. The molecule has 2 amide bonds. The number of ether oxygens (including phenoxy) is 1. The lowest BCUT2D eigenvalue weighted by molar-refractivity contribution is 0.0598. The number of hydrogen-bond donors (Lipinski definition) is 3. The number of carbonyl (C=O) groups excluding carboxylic acids is 1. The van der Waals surface area contributed by atoms with E-state index in [9.17, 15) is 9.90 Å². The van der Waals surface area contributed by atoms with Crippen LogP contribution in [0.1, 0.15) is 23.6 Å². The first-order valence-electron chi connectivity index (χ1n) is 8.06. The highest BCUT2D eigenvalue weighted by atomic mass is 32.1. The van der Waals surface area contributed by atoms with Gasteiger partial charge in [-0.3, -0.25) is 0 Å². The van der Waals surface area contributed by atoms with E-state index in [4.69, 9.17) is 4.74 Å². The van der Waals surface area contributed by atoms with Crippen molar-refractivity contribution in [2.45, 2.75) is 25.4 Å². The zero-order valence-electron chi connectivity index (χ0n) is 13.7. The summed E-state index contributed by atoms with van der Waals surface area (Å²) in [4.78, 5) is 11.9. The van der Waals surface area contributed by atoms with Gasteiger partial charge in [0.05, 0.1) is 13.2 Å². The molecule has 0 fully saturated rings. The Bertz CT molecular complexity index is 698. The first kappa shape index (κ1) is 16.8. The molecular weight excluding hydrogens is 324 g/mol. The fraction of sp³-hybridized carbons (Fsp3) is 0.389. The molecule has 128 valence electrons. The Morgan fingerprint density at radius 1 is 1.38 bits per heavy atom. The maximum Gasteiger partial charge on any atom is 0.314 e. The second-order valence-corrected chi connectivity index (χ2v) is 6.97. The Hall–Kier alpha value is -2.05. The van der Waals surface area contributed by atoms with Gasteiger partial charge in [-0.05, 0) is 52.9 Å². The molecule has 6 heteroatoms. The lowest BCUT2D eigenvalue weighted by Crippen LogP contribution is -2.43. The van der Waals surface area contributed by atoms with Crippen molar-refractivity contribution in [1.29, 1.82) is 0 Å². The van der Waals surface area contributed by atoms with Crippen LogP contribution in [0.4, 0.5) is 4.79 Å². The van der Waals surface area contributed by atoms with Gasteiger partial charge >= 0.3 is 6.03 Å². The molecule has 0 saturated heterocycles. The molecule has 0 aliphatic carbocycles. The van der Waals surface area contributed by atoms with Crippen LogP contribution >= 0.6 is 11.3 Å². The Balaban J connectivity index is 1.41. The summed E-state index contributed by atoms with van der Waals surface area (Å²) < 4.78 is 5.49. The molecule has 3 rings (SSSR count). The largest absolute Gasteiger partial charge is 0.493 e. The van der Waals surface area contributed by atoms with Gasteiger partial charge in [0, 0.05) is 13.0 Å². The first-order chi connectivity index (χ1) is 11.5. The monoisotopic (exact) mass is 346 g/mol.